The van der Waals surface area contributed by atoms with Crippen LogP contribution >= 0.6 is 31.9 Å². The van der Waals surface area contributed by atoms with E-state index in [-0.39, 0.29) is 0 Å². The lowest BCUT2D eigenvalue weighted by molar-refractivity contribution is 0.569. The second kappa shape index (κ2) is 5.15. The van der Waals surface area contributed by atoms with E-state index >= 15 is 0 Å². The van der Waals surface area contributed by atoms with Gasteiger partial charge in [0.2, 0.25) is 0 Å². The third-order valence-electron chi connectivity index (χ3n) is 2.90. The fourth-order valence-electron chi connectivity index (χ4n) is 1.84. The predicted octanol–water partition coefficient (Wildman–Crippen LogP) is 4.12. The minimum Gasteiger partial charge on any atom is -0.443 e. The number of hydrogen-bond acceptors (Lipinski definition) is 3. The van der Waals surface area contributed by atoms with Crippen molar-refractivity contribution < 1.29 is 4.42 Å². The average Bonchev–Trinajstić information content (AvgIpc) is 3.02. The average molecular weight is 372 g/mol. The van der Waals surface area contributed by atoms with Crippen LogP contribution in [0.15, 0.2) is 38.0 Å². The van der Waals surface area contributed by atoms with Crippen LogP contribution in [0.1, 0.15) is 18.5 Å². The molecule has 1 heterocycles. The van der Waals surface area contributed by atoms with Gasteiger partial charge >= 0.3 is 0 Å². The van der Waals surface area contributed by atoms with Crippen LogP contribution in [-0.2, 0) is 6.54 Å². The highest BCUT2D eigenvalue weighted by Crippen LogP contribution is 2.30. The van der Waals surface area contributed by atoms with Gasteiger partial charge in [0.1, 0.15) is 5.69 Å². The van der Waals surface area contributed by atoms with E-state index in [1.165, 1.54) is 19.2 Å². The Kier molecular flexibility index (Phi) is 3.54. The molecule has 0 spiro atoms. The summed E-state index contributed by atoms with van der Waals surface area (Å²) in [5.74, 6) is 0.838. The van der Waals surface area contributed by atoms with Crippen LogP contribution < -0.4 is 5.32 Å². The molecule has 0 bridgehead atoms. The van der Waals surface area contributed by atoms with Gasteiger partial charge < -0.3 is 9.73 Å². The summed E-state index contributed by atoms with van der Waals surface area (Å²) in [6.45, 7) is 0.765. The summed E-state index contributed by atoms with van der Waals surface area (Å²) >= 11 is 6.98. The van der Waals surface area contributed by atoms with Gasteiger partial charge in [-0.2, -0.15) is 0 Å². The van der Waals surface area contributed by atoms with Crippen molar-refractivity contribution in [2.24, 2.45) is 0 Å². The van der Waals surface area contributed by atoms with Crippen LogP contribution in [0.3, 0.4) is 0 Å². The Hall–Kier alpha value is -0.650. The number of hydrogen-bond donors (Lipinski definition) is 1. The maximum absolute atomic E-state index is 5.52. The highest BCUT2D eigenvalue weighted by Gasteiger charge is 2.21. The van der Waals surface area contributed by atoms with Crippen LogP contribution in [0.5, 0.6) is 0 Å². The summed E-state index contributed by atoms with van der Waals surface area (Å²) in [7, 11) is 0. The molecule has 1 N–H and O–H groups in total. The lowest BCUT2D eigenvalue weighted by Gasteiger charge is -2.04. The van der Waals surface area contributed by atoms with E-state index in [0.29, 0.717) is 6.04 Å². The zero-order valence-corrected chi connectivity index (χ0v) is 12.8. The topological polar surface area (TPSA) is 38.1 Å². The van der Waals surface area contributed by atoms with Crippen molar-refractivity contribution in [3.8, 4) is 11.3 Å². The van der Waals surface area contributed by atoms with Crippen molar-refractivity contribution in [3.63, 3.8) is 0 Å². The monoisotopic (exact) mass is 370 g/mol. The van der Waals surface area contributed by atoms with E-state index in [1.807, 2.05) is 18.2 Å². The molecule has 0 saturated heterocycles. The Morgan fingerprint density at radius 3 is 2.61 bits per heavy atom. The van der Waals surface area contributed by atoms with Crippen molar-refractivity contribution in [1.82, 2.24) is 10.3 Å². The van der Waals surface area contributed by atoms with Gasteiger partial charge in [-0.1, -0.05) is 31.9 Å². The fourth-order valence-corrected chi connectivity index (χ4v) is 3.14. The molecule has 0 amide bonds. The molecule has 3 rings (SSSR count). The number of nitrogens with one attached hydrogen (secondary N) is 1. The minimum absolute atomic E-state index is 0.670. The molecule has 18 heavy (non-hydrogen) atoms. The normalized spacial score (nSPS) is 15.0. The van der Waals surface area contributed by atoms with Crippen molar-refractivity contribution in [2.45, 2.75) is 25.4 Å². The number of aromatic nitrogens is 1. The third-order valence-corrected chi connectivity index (χ3v) is 3.82. The van der Waals surface area contributed by atoms with Crippen molar-refractivity contribution in [2.75, 3.05) is 0 Å². The highest BCUT2D eigenvalue weighted by atomic mass is 79.9. The molecule has 0 unspecified atom stereocenters. The summed E-state index contributed by atoms with van der Waals surface area (Å²) in [4.78, 5) is 4.29. The molecular weight excluding hydrogens is 360 g/mol. The number of halogens is 2. The van der Waals surface area contributed by atoms with E-state index in [0.717, 1.165) is 32.5 Å². The Morgan fingerprint density at radius 2 is 1.94 bits per heavy atom. The molecule has 3 nitrogen and oxygen atoms in total. The number of benzene rings is 1. The second-order valence-corrected chi connectivity index (χ2v) is 6.27. The molecule has 1 aromatic carbocycles. The Bertz CT molecular complexity index is 544. The second-order valence-electron chi connectivity index (χ2n) is 4.44. The number of nitrogens with zero attached hydrogens (tertiary/aromatic N) is 1. The lowest BCUT2D eigenvalue weighted by Crippen LogP contribution is -2.15. The van der Waals surface area contributed by atoms with Gasteiger partial charge in [-0.05, 0) is 31.0 Å². The molecule has 0 aliphatic heterocycles. The maximum atomic E-state index is 5.52. The van der Waals surface area contributed by atoms with Gasteiger partial charge in [0.05, 0.1) is 0 Å². The van der Waals surface area contributed by atoms with Crippen LogP contribution in [0.2, 0.25) is 0 Å². The van der Waals surface area contributed by atoms with E-state index in [4.69, 9.17) is 4.42 Å². The minimum atomic E-state index is 0.670. The summed E-state index contributed by atoms with van der Waals surface area (Å²) in [5, 5.41) is 3.45. The molecule has 1 aliphatic rings. The highest BCUT2D eigenvalue weighted by molar-refractivity contribution is 9.11. The first kappa shape index (κ1) is 12.4. The lowest BCUT2D eigenvalue weighted by atomic mass is 10.1. The van der Waals surface area contributed by atoms with E-state index in [9.17, 15) is 0 Å². The van der Waals surface area contributed by atoms with E-state index < -0.39 is 0 Å². The van der Waals surface area contributed by atoms with Gasteiger partial charge in [0, 0.05) is 27.1 Å². The molecule has 1 saturated carbocycles. The van der Waals surface area contributed by atoms with Crippen molar-refractivity contribution >= 4 is 31.9 Å². The molecule has 0 atom stereocenters. The Labute approximate surface area is 122 Å². The van der Waals surface area contributed by atoms with Gasteiger partial charge in [-0.25, -0.2) is 4.98 Å². The molecule has 1 fully saturated rings. The molecule has 1 aromatic heterocycles. The first-order chi connectivity index (χ1) is 8.72. The molecule has 94 valence electrons. The largest absolute Gasteiger partial charge is 0.443 e. The van der Waals surface area contributed by atoms with Crippen LogP contribution in [0.25, 0.3) is 11.3 Å². The van der Waals surface area contributed by atoms with E-state index in [1.54, 1.807) is 0 Å². The van der Waals surface area contributed by atoms with E-state index in [2.05, 4.69) is 42.2 Å². The third kappa shape index (κ3) is 2.84. The summed E-state index contributed by atoms with van der Waals surface area (Å²) in [5.41, 5.74) is 1.99. The summed E-state index contributed by atoms with van der Waals surface area (Å²) in [6, 6.07) is 6.74. The van der Waals surface area contributed by atoms with Gasteiger partial charge in [-0.3, -0.25) is 0 Å². The predicted molar refractivity (Wildman–Crippen MR) is 77.2 cm³/mol. The quantitative estimate of drug-likeness (QED) is 0.878. The van der Waals surface area contributed by atoms with Gasteiger partial charge in [-0.15, -0.1) is 0 Å². The fraction of sp³-hybridized carbons (Fsp3) is 0.308. The van der Waals surface area contributed by atoms with Crippen LogP contribution in [-0.4, -0.2) is 11.0 Å². The summed E-state index contributed by atoms with van der Waals surface area (Å²) in [6.07, 6.45) is 4.05. The molecule has 2 aromatic rings. The van der Waals surface area contributed by atoms with Gasteiger partial charge in [0.25, 0.3) is 0 Å². The molecule has 0 radical (unpaired) electrons. The molecule has 1 aliphatic carbocycles. The van der Waals surface area contributed by atoms with Crippen molar-refractivity contribution in [3.05, 3.63) is 39.2 Å². The standard InChI is InChI=1S/C13H12Br2N2O/c14-9-3-8(4-10(15)5-9)13-12(17-7-18-13)6-16-11-1-2-11/h3-5,7,11,16H,1-2,6H2. The van der Waals surface area contributed by atoms with Crippen LogP contribution in [0.4, 0.5) is 0 Å². The Morgan fingerprint density at radius 1 is 1.22 bits per heavy atom. The first-order valence-electron chi connectivity index (χ1n) is 5.84. The van der Waals surface area contributed by atoms with Crippen molar-refractivity contribution in [1.29, 1.82) is 0 Å². The zero-order valence-electron chi connectivity index (χ0n) is 9.62. The first-order valence-corrected chi connectivity index (χ1v) is 7.43. The maximum Gasteiger partial charge on any atom is 0.181 e. The van der Waals surface area contributed by atoms with Crippen LogP contribution in [0, 0.1) is 0 Å². The molecular formula is C13H12Br2N2O. The summed E-state index contributed by atoms with van der Waals surface area (Å²) < 4.78 is 7.56. The van der Waals surface area contributed by atoms with Gasteiger partial charge in [0.15, 0.2) is 12.2 Å². The smallest absolute Gasteiger partial charge is 0.181 e. The SMILES string of the molecule is Brc1cc(Br)cc(-c2ocnc2CNC2CC2)c1. The zero-order chi connectivity index (χ0) is 12.5. The molecule has 5 heteroatoms. The Balaban J connectivity index is 1.87. The number of rotatable bonds is 4. The number of oxazole rings is 1.